The van der Waals surface area contributed by atoms with Crippen molar-refractivity contribution in [2.45, 2.75) is 52.6 Å². The topological polar surface area (TPSA) is 105 Å². The fourth-order valence-corrected chi connectivity index (χ4v) is 1.78. The Morgan fingerprint density at radius 3 is 1.73 bits per heavy atom. The molecular formula is C18H22O8. The SMILES string of the molecule is CC(=O)O[C@@H](C)C(=O)O[C@H](C)C(=O)O[C@H](C)C(=O)OCc1ccccc1. The van der Waals surface area contributed by atoms with E-state index in [9.17, 15) is 19.2 Å². The van der Waals surface area contributed by atoms with Gasteiger partial charge < -0.3 is 18.9 Å². The van der Waals surface area contributed by atoms with Gasteiger partial charge in [0.1, 0.15) is 6.61 Å². The van der Waals surface area contributed by atoms with Crippen LogP contribution in [0.3, 0.4) is 0 Å². The van der Waals surface area contributed by atoms with Crippen LogP contribution in [0.1, 0.15) is 33.3 Å². The first kappa shape index (κ1) is 21.1. The van der Waals surface area contributed by atoms with Gasteiger partial charge in [0.15, 0.2) is 18.3 Å². The third-order valence-electron chi connectivity index (χ3n) is 3.15. The lowest BCUT2D eigenvalue weighted by molar-refractivity contribution is -0.182. The average molecular weight is 366 g/mol. The minimum Gasteiger partial charge on any atom is -0.458 e. The van der Waals surface area contributed by atoms with Gasteiger partial charge in [-0.25, -0.2) is 14.4 Å². The van der Waals surface area contributed by atoms with E-state index in [4.69, 9.17) is 14.2 Å². The molecular weight excluding hydrogens is 344 g/mol. The molecule has 0 fully saturated rings. The van der Waals surface area contributed by atoms with Gasteiger partial charge in [0.2, 0.25) is 0 Å². The van der Waals surface area contributed by atoms with Crippen LogP contribution in [-0.4, -0.2) is 42.2 Å². The zero-order valence-electron chi connectivity index (χ0n) is 15.1. The van der Waals surface area contributed by atoms with Gasteiger partial charge in [0.25, 0.3) is 0 Å². The Balaban J connectivity index is 2.43. The van der Waals surface area contributed by atoms with Crippen molar-refractivity contribution >= 4 is 23.9 Å². The van der Waals surface area contributed by atoms with E-state index in [1.807, 2.05) is 6.07 Å². The van der Waals surface area contributed by atoms with Crippen molar-refractivity contribution in [1.82, 2.24) is 0 Å². The maximum Gasteiger partial charge on any atom is 0.347 e. The van der Waals surface area contributed by atoms with Crippen molar-refractivity contribution in [3.8, 4) is 0 Å². The molecule has 8 nitrogen and oxygen atoms in total. The van der Waals surface area contributed by atoms with E-state index < -0.39 is 42.2 Å². The molecule has 0 aromatic heterocycles. The summed E-state index contributed by atoms with van der Waals surface area (Å²) in [6.45, 7) is 5.13. The highest BCUT2D eigenvalue weighted by molar-refractivity contribution is 5.84. The predicted molar refractivity (Wildman–Crippen MR) is 88.6 cm³/mol. The maximum atomic E-state index is 11.9. The quantitative estimate of drug-likeness (QED) is 0.504. The number of ether oxygens (including phenoxy) is 4. The highest BCUT2D eigenvalue weighted by atomic mass is 16.6. The molecule has 8 heteroatoms. The highest BCUT2D eigenvalue weighted by Gasteiger charge is 2.28. The van der Waals surface area contributed by atoms with Crippen molar-refractivity contribution in [2.24, 2.45) is 0 Å². The number of hydrogen-bond donors (Lipinski definition) is 0. The third-order valence-corrected chi connectivity index (χ3v) is 3.15. The van der Waals surface area contributed by atoms with Crippen LogP contribution in [0, 0.1) is 0 Å². The van der Waals surface area contributed by atoms with Gasteiger partial charge in [0.05, 0.1) is 0 Å². The average Bonchev–Trinajstić information content (AvgIpc) is 2.59. The van der Waals surface area contributed by atoms with Crippen molar-refractivity contribution in [3.05, 3.63) is 35.9 Å². The second kappa shape index (κ2) is 10.2. The molecule has 0 radical (unpaired) electrons. The summed E-state index contributed by atoms with van der Waals surface area (Å²) < 4.78 is 19.5. The molecule has 1 aromatic rings. The van der Waals surface area contributed by atoms with E-state index in [0.29, 0.717) is 0 Å². The molecule has 0 saturated heterocycles. The summed E-state index contributed by atoms with van der Waals surface area (Å²) in [5.41, 5.74) is 0.793. The first-order valence-electron chi connectivity index (χ1n) is 7.99. The molecule has 0 aliphatic rings. The largest absolute Gasteiger partial charge is 0.458 e. The van der Waals surface area contributed by atoms with Crippen LogP contribution in [0.15, 0.2) is 30.3 Å². The molecule has 1 rings (SSSR count). The minimum absolute atomic E-state index is 0.0476. The summed E-state index contributed by atoms with van der Waals surface area (Å²) in [5.74, 6) is -3.20. The lowest BCUT2D eigenvalue weighted by Crippen LogP contribution is -2.36. The standard InChI is InChI=1S/C18H22O8/c1-11(16(20)23-10-15-8-6-5-7-9-15)25-18(22)13(3)26-17(21)12(2)24-14(4)19/h5-9,11-13H,10H2,1-4H3/t11-,12+,13-/m1/s1. The summed E-state index contributed by atoms with van der Waals surface area (Å²) in [4.78, 5) is 46.2. The zero-order chi connectivity index (χ0) is 19.7. The van der Waals surface area contributed by atoms with E-state index in [1.165, 1.54) is 20.8 Å². The smallest absolute Gasteiger partial charge is 0.347 e. The molecule has 0 heterocycles. The highest BCUT2D eigenvalue weighted by Crippen LogP contribution is 2.06. The molecule has 0 unspecified atom stereocenters. The lowest BCUT2D eigenvalue weighted by Gasteiger charge is -2.18. The van der Waals surface area contributed by atoms with Crippen LogP contribution < -0.4 is 0 Å². The molecule has 3 atom stereocenters. The molecule has 142 valence electrons. The van der Waals surface area contributed by atoms with Crippen LogP contribution in [0.25, 0.3) is 0 Å². The van der Waals surface area contributed by atoms with Crippen LogP contribution in [0.2, 0.25) is 0 Å². The van der Waals surface area contributed by atoms with Gasteiger partial charge in [0, 0.05) is 6.92 Å². The fourth-order valence-electron chi connectivity index (χ4n) is 1.78. The molecule has 0 N–H and O–H groups in total. The Labute approximate surface area is 151 Å². The molecule has 0 aliphatic carbocycles. The first-order chi connectivity index (χ1) is 12.2. The summed E-state index contributed by atoms with van der Waals surface area (Å²) in [7, 11) is 0. The summed E-state index contributed by atoms with van der Waals surface area (Å²) in [6, 6.07) is 9.02. The van der Waals surface area contributed by atoms with E-state index in [2.05, 4.69) is 4.74 Å². The van der Waals surface area contributed by atoms with Gasteiger partial charge in [-0.05, 0) is 26.3 Å². The second-order valence-corrected chi connectivity index (χ2v) is 5.50. The third kappa shape index (κ3) is 7.33. The molecule has 0 amide bonds. The Bertz CT molecular complexity index is 640. The minimum atomic E-state index is -1.27. The van der Waals surface area contributed by atoms with Gasteiger partial charge in [-0.15, -0.1) is 0 Å². The van der Waals surface area contributed by atoms with E-state index >= 15 is 0 Å². The van der Waals surface area contributed by atoms with E-state index in [0.717, 1.165) is 12.5 Å². The molecule has 0 bridgehead atoms. The Morgan fingerprint density at radius 2 is 1.23 bits per heavy atom. The van der Waals surface area contributed by atoms with Crippen LogP contribution in [-0.2, 0) is 44.7 Å². The van der Waals surface area contributed by atoms with Crippen LogP contribution >= 0.6 is 0 Å². The Hall–Kier alpha value is -2.90. The van der Waals surface area contributed by atoms with Crippen molar-refractivity contribution < 1.29 is 38.1 Å². The second-order valence-electron chi connectivity index (χ2n) is 5.50. The molecule has 0 saturated carbocycles. The number of benzene rings is 1. The predicted octanol–water partition coefficient (Wildman–Crippen LogP) is 1.54. The number of carbonyl (C=O) groups excluding carboxylic acids is 4. The van der Waals surface area contributed by atoms with Gasteiger partial charge >= 0.3 is 23.9 Å². The number of carbonyl (C=O) groups is 4. The number of esters is 4. The Kier molecular flexibility index (Phi) is 8.27. The fraction of sp³-hybridized carbons (Fsp3) is 0.444. The Morgan fingerprint density at radius 1 is 0.769 bits per heavy atom. The maximum absolute atomic E-state index is 11.9. The number of hydrogen-bond acceptors (Lipinski definition) is 8. The molecule has 1 aromatic carbocycles. The lowest BCUT2D eigenvalue weighted by atomic mass is 10.2. The van der Waals surface area contributed by atoms with Gasteiger partial charge in [-0.1, -0.05) is 30.3 Å². The van der Waals surface area contributed by atoms with E-state index in [-0.39, 0.29) is 6.61 Å². The first-order valence-corrected chi connectivity index (χ1v) is 7.99. The summed E-state index contributed by atoms with van der Waals surface area (Å²) in [5, 5.41) is 0. The zero-order valence-corrected chi connectivity index (χ0v) is 15.1. The molecule has 0 spiro atoms. The number of rotatable bonds is 8. The normalized spacial score (nSPS) is 13.7. The summed E-state index contributed by atoms with van der Waals surface area (Å²) in [6.07, 6.45) is -3.60. The van der Waals surface area contributed by atoms with E-state index in [1.54, 1.807) is 24.3 Å². The van der Waals surface area contributed by atoms with Crippen molar-refractivity contribution in [2.75, 3.05) is 0 Å². The van der Waals surface area contributed by atoms with Gasteiger partial charge in [-0.2, -0.15) is 0 Å². The van der Waals surface area contributed by atoms with Crippen molar-refractivity contribution in [3.63, 3.8) is 0 Å². The summed E-state index contributed by atoms with van der Waals surface area (Å²) >= 11 is 0. The monoisotopic (exact) mass is 366 g/mol. The van der Waals surface area contributed by atoms with Crippen LogP contribution in [0.5, 0.6) is 0 Å². The van der Waals surface area contributed by atoms with Crippen LogP contribution in [0.4, 0.5) is 0 Å². The van der Waals surface area contributed by atoms with Gasteiger partial charge in [-0.3, -0.25) is 4.79 Å². The molecule has 0 aliphatic heterocycles. The van der Waals surface area contributed by atoms with Crippen molar-refractivity contribution in [1.29, 1.82) is 0 Å². The molecule has 26 heavy (non-hydrogen) atoms.